The Balaban J connectivity index is 0.000000847. The summed E-state index contributed by atoms with van der Waals surface area (Å²) in [5.74, 6) is 0. The number of aliphatic imine (C=N–C) groups is 1. The van der Waals surface area contributed by atoms with E-state index in [4.69, 9.17) is 4.99 Å². The molecule has 1 aromatic rings. The molecule has 1 atom stereocenters. The summed E-state index contributed by atoms with van der Waals surface area (Å²) in [5.41, 5.74) is 10.7. The van der Waals surface area contributed by atoms with Crippen LogP contribution in [-0.4, -0.2) is 5.71 Å². The molecule has 1 nitrogen and oxygen atoms in total. The van der Waals surface area contributed by atoms with E-state index in [-0.39, 0.29) is 0 Å². The summed E-state index contributed by atoms with van der Waals surface area (Å²) in [7, 11) is 0. The number of rotatable bonds is 1. The van der Waals surface area contributed by atoms with E-state index < -0.39 is 0 Å². The molecule has 0 N–H and O–H groups in total. The molecule has 0 radical (unpaired) electrons. The molecule has 2 aliphatic rings. The maximum absolute atomic E-state index is 5.17. The molecular weight excluding hydrogens is 266 g/mol. The number of fused-ring (bicyclic) bond motifs is 1. The molecule has 1 saturated carbocycles. The summed E-state index contributed by atoms with van der Waals surface area (Å²) in [6.45, 7) is 13.2. The quantitative estimate of drug-likeness (QED) is 0.574. The monoisotopic (exact) mass is 299 g/mol. The van der Waals surface area contributed by atoms with Gasteiger partial charge < -0.3 is 0 Å². The Hall–Kier alpha value is -1.11. The van der Waals surface area contributed by atoms with Gasteiger partial charge in [-0.05, 0) is 106 Å². The topological polar surface area (TPSA) is 12.4 Å². The molecule has 122 valence electrons. The highest BCUT2D eigenvalue weighted by atomic mass is 14.8. The summed E-state index contributed by atoms with van der Waals surface area (Å²) in [5, 5.41) is 0. The molecule has 1 unspecified atom stereocenters. The summed E-state index contributed by atoms with van der Waals surface area (Å²) in [4.78, 5) is 5.17. The van der Waals surface area contributed by atoms with Crippen LogP contribution in [-0.2, 0) is 6.42 Å². The van der Waals surface area contributed by atoms with Crippen LogP contribution in [0.5, 0.6) is 0 Å². The standard InChI is InChI=1S/C19H27N.C2H6/c1-12-13(2)15(4)19-17(14(12)3)10-7-11-18(19)20-16-8-5-6-9-16;1-2/h18H,5-11H2,1-4H3;1-2H3. The smallest absolute Gasteiger partial charge is 0.0753 e. The van der Waals surface area contributed by atoms with E-state index in [0.29, 0.717) is 6.04 Å². The van der Waals surface area contributed by atoms with Crippen LogP contribution in [0.15, 0.2) is 4.99 Å². The highest BCUT2D eigenvalue weighted by Gasteiger charge is 2.26. The lowest BCUT2D eigenvalue weighted by Gasteiger charge is -2.29. The first kappa shape index (κ1) is 17.2. The molecule has 1 aromatic carbocycles. The molecule has 0 aromatic heterocycles. The highest BCUT2D eigenvalue weighted by Crippen LogP contribution is 2.40. The lowest BCUT2D eigenvalue weighted by molar-refractivity contribution is 0.565. The average Bonchev–Trinajstić information content (AvgIpc) is 3.05. The molecule has 1 fully saturated rings. The van der Waals surface area contributed by atoms with Crippen LogP contribution in [0.1, 0.15) is 91.8 Å². The molecule has 0 aliphatic heterocycles. The molecule has 1 heteroatoms. The maximum atomic E-state index is 5.17. The van der Waals surface area contributed by atoms with Gasteiger partial charge in [-0.2, -0.15) is 0 Å². The second-order valence-corrected chi connectivity index (χ2v) is 6.70. The van der Waals surface area contributed by atoms with Gasteiger partial charge in [0, 0.05) is 5.71 Å². The van der Waals surface area contributed by atoms with Crippen molar-refractivity contribution in [3.8, 4) is 0 Å². The van der Waals surface area contributed by atoms with Gasteiger partial charge in [0.1, 0.15) is 0 Å². The van der Waals surface area contributed by atoms with Gasteiger partial charge in [0.2, 0.25) is 0 Å². The summed E-state index contributed by atoms with van der Waals surface area (Å²) in [6.07, 6.45) is 9.00. The Kier molecular flexibility index (Phi) is 5.83. The minimum absolute atomic E-state index is 0.449. The normalized spacial score (nSPS) is 20.3. The van der Waals surface area contributed by atoms with Crippen molar-refractivity contribution in [2.24, 2.45) is 4.99 Å². The molecule has 0 bridgehead atoms. The Morgan fingerprint density at radius 1 is 0.727 bits per heavy atom. The van der Waals surface area contributed by atoms with Gasteiger partial charge in [-0.3, -0.25) is 4.99 Å². The van der Waals surface area contributed by atoms with Crippen LogP contribution in [0.3, 0.4) is 0 Å². The van der Waals surface area contributed by atoms with Crippen LogP contribution in [0, 0.1) is 27.7 Å². The number of benzene rings is 1. The van der Waals surface area contributed by atoms with Crippen molar-refractivity contribution in [1.29, 1.82) is 0 Å². The zero-order chi connectivity index (χ0) is 16.3. The molecule has 22 heavy (non-hydrogen) atoms. The molecule has 3 rings (SSSR count). The predicted molar refractivity (Wildman–Crippen MR) is 98.3 cm³/mol. The van der Waals surface area contributed by atoms with Crippen LogP contribution in [0.2, 0.25) is 0 Å². The molecule has 0 spiro atoms. The number of nitrogens with zero attached hydrogens (tertiary/aromatic N) is 1. The fourth-order valence-corrected chi connectivity index (χ4v) is 4.07. The second-order valence-electron chi connectivity index (χ2n) is 6.70. The van der Waals surface area contributed by atoms with Crippen LogP contribution >= 0.6 is 0 Å². The third kappa shape index (κ3) is 3.14. The van der Waals surface area contributed by atoms with E-state index in [9.17, 15) is 0 Å². The summed E-state index contributed by atoms with van der Waals surface area (Å²) in [6, 6.07) is 0.449. The molecule has 0 heterocycles. The largest absolute Gasteiger partial charge is 0.286 e. The minimum atomic E-state index is 0.449. The van der Waals surface area contributed by atoms with Crippen molar-refractivity contribution < 1.29 is 0 Å². The van der Waals surface area contributed by atoms with Crippen molar-refractivity contribution in [1.82, 2.24) is 0 Å². The zero-order valence-corrected chi connectivity index (χ0v) is 15.5. The van der Waals surface area contributed by atoms with E-state index in [1.807, 2.05) is 13.8 Å². The van der Waals surface area contributed by atoms with E-state index in [2.05, 4.69) is 27.7 Å². The van der Waals surface area contributed by atoms with Gasteiger partial charge in [0.05, 0.1) is 6.04 Å². The molecule has 0 amide bonds. The predicted octanol–water partition coefficient (Wildman–Crippen LogP) is 6.34. The van der Waals surface area contributed by atoms with E-state index in [1.54, 1.807) is 11.1 Å². The van der Waals surface area contributed by atoms with Gasteiger partial charge in [0.25, 0.3) is 0 Å². The molecule has 0 saturated heterocycles. The van der Waals surface area contributed by atoms with Crippen molar-refractivity contribution in [3.05, 3.63) is 33.4 Å². The highest BCUT2D eigenvalue weighted by molar-refractivity contribution is 5.86. The van der Waals surface area contributed by atoms with Crippen LogP contribution in [0.4, 0.5) is 0 Å². The van der Waals surface area contributed by atoms with Crippen LogP contribution in [0.25, 0.3) is 0 Å². The fraction of sp³-hybridized carbons (Fsp3) is 0.667. The van der Waals surface area contributed by atoms with Crippen molar-refractivity contribution >= 4 is 5.71 Å². The van der Waals surface area contributed by atoms with E-state index in [1.165, 1.54) is 72.9 Å². The van der Waals surface area contributed by atoms with Gasteiger partial charge >= 0.3 is 0 Å². The Bertz CT molecular complexity index is 558. The first-order chi connectivity index (χ1) is 10.6. The van der Waals surface area contributed by atoms with Crippen LogP contribution < -0.4 is 0 Å². The second kappa shape index (κ2) is 7.44. The molecule has 2 aliphatic carbocycles. The lowest BCUT2D eigenvalue weighted by atomic mass is 9.79. The van der Waals surface area contributed by atoms with Crippen molar-refractivity contribution in [2.45, 2.75) is 92.5 Å². The third-order valence-electron chi connectivity index (χ3n) is 5.63. The third-order valence-corrected chi connectivity index (χ3v) is 5.63. The van der Waals surface area contributed by atoms with E-state index >= 15 is 0 Å². The first-order valence-corrected chi connectivity index (χ1v) is 9.24. The van der Waals surface area contributed by atoms with E-state index in [0.717, 1.165) is 0 Å². The Labute approximate surface area is 137 Å². The first-order valence-electron chi connectivity index (χ1n) is 9.24. The minimum Gasteiger partial charge on any atom is -0.286 e. The van der Waals surface area contributed by atoms with Gasteiger partial charge in [-0.25, -0.2) is 0 Å². The van der Waals surface area contributed by atoms with Crippen molar-refractivity contribution in [3.63, 3.8) is 0 Å². The fourth-order valence-electron chi connectivity index (χ4n) is 4.07. The lowest BCUT2D eigenvalue weighted by Crippen LogP contribution is -2.15. The average molecular weight is 300 g/mol. The summed E-state index contributed by atoms with van der Waals surface area (Å²) < 4.78 is 0. The number of hydrogen-bond donors (Lipinski definition) is 0. The number of hydrogen-bond acceptors (Lipinski definition) is 1. The van der Waals surface area contributed by atoms with Gasteiger partial charge in [0.15, 0.2) is 0 Å². The maximum Gasteiger partial charge on any atom is 0.0753 e. The Morgan fingerprint density at radius 3 is 1.95 bits per heavy atom. The molecular formula is C21H33N. The van der Waals surface area contributed by atoms with Gasteiger partial charge in [-0.1, -0.05) is 13.8 Å². The van der Waals surface area contributed by atoms with Gasteiger partial charge in [-0.15, -0.1) is 0 Å². The van der Waals surface area contributed by atoms with Crippen molar-refractivity contribution in [2.75, 3.05) is 0 Å². The summed E-state index contributed by atoms with van der Waals surface area (Å²) >= 11 is 0. The SMILES string of the molecule is CC.Cc1c(C)c(C)c2c(c1C)CCCC2N=C1CCCC1. The Morgan fingerprint density at radius 2 is 1.32 bits per heavy atom. The zero-order valence-electron chi connectivity index (χ0n) is 15.5.